The molecule has 0 aliphatic carbocycles. The largest absolute Gasteiger partial charge is 0.374 e. The average molecular weight is 332 g/mol. The fourth-order valence-electron chi connectivity index (χ4n) is 2.85. The van der Waals surface area contributed by atoms with E-state index in [0.29, 0.717) is 6.61 Å². The highest BCUT2D eigenvalue weighted by molar-refractivity contribution is 5.35. The standard InChI is InChI=1S/C15H24N8O/c1-3-7-23-15(18-19-20-23)12-22-8-9-24-13(11-22)10-21(2)14-5-4-6-16-17-14/h4-6,13H,3,7-12H2,1-2H3/t13-/m1/s1. The maximum atomic E-state index is 5.91. The highest BCUT2D eigenvalue weighted by atomic mass is 16.5. The minimum Gasteiger partial charge on any atom is -0.374 e. The number of aryl methyl sites for hydroxylation is 1. The average Bonchev–Trinajstić information content (AvgIpc) is 3.03. The summed E-state index contributed by atoms with van der Waals surface area (Å²) in [7, 11) is 2.01. The number of hydrogen-bond acceptors (Lipinski definition) is 8. The number of morpholine rings is 1. The van der Waals surface area contributed by atoms with Crippen LogP contribution in [0.2, 0.25) is 0 Å². The summed E-state index contributed by atoms with van der Waals surface area (Å²) < 4.78 is 7.79. The molecule has 1 atom stereocenters. The van der Waals surface area contributed by atoms with E-state index < -0.39 is 0 Å². The highest BCUT2D eigenvalue weighted by Crippen LogP contribution is 2.13. The number of likely N-dealkylation sites (N-methyl/N-ethyl adjacent to an activating group) is 1. The smallest absolute Gasteiger partial charge is 0.165 e. The van der Waals surface area contributed by atoms with Gasteiger partial charge in [0.05, 0.1) is 19.3 Å². The van der Waals surface area contributed by atoms with Crippen molar-refractivity contribution in [1.29, 1.82) is 0 Å². The van der Waals surface area contributed by atoms with Gasteiger partial charge in [0.15, 0.2) is 11.6 Å². The van der Waals surface area contributed by atoms with Crippen molar-refractivity contribution in [3.8, 4) is 0 Å². The second-order valence-electron chi connectivity index (χ2n) is 6.01. The van der Waals surface area contributed by atoms with Gasteiger partial charge in [-0.15, -0.1) is 10.2 Å². The molecule has 1 aliphatic heterocycles. The number of aromatic nitrogens is 6. The van der Waals surface area contributed by atoms with Crippen LogP contribution in [0.15, 0.2) is 18.3 Å². The summed E-state index contributed by atoms with van der Waals surface area (Å²) in [6.07, 6.45) is 2.82. The number of rotatable bonds is 7. The topological polar surface area (TPSA) is 85.1 Å². The minimum absolute atomic E-state index is 0.126. The molecule has 9 heteroatoms. The van der Waals surface area contributed by atoms with E-state index in [9.17, 15) is 0 Å². The Morgan fingerprint density at radius 2 is 2.29 bits per heavy atom. The third-order valence-corrected chi connectivity index (χ3v) is 4.06. The van der Waals surface area contributed by atoms with Gasteiger partial charge in [0, 0.05) is 39.4 Å². The normalized spacial score (nSPS) is 18.7. The summed E-state index contributed by atoms with van der Waals surface area (Å²) in [5.41, 5.74) is 0. The van der Waals surface area contributed by atoms with Crippen LogP contribution in [-0.2, 0) is 17.8 Å². The second kappa shape index (κ2) is 8.11. The minimum atomic E-state index is 0.126. The van der Waals surface area contributed by atoms with Crippen LogP contribution in [-0.4, -0.2) is 74.7 Å². The molecule has 0 bridgehead atoms. The Labute approximate surface area is 141 Å². The summed E-state index contributed by atoms with van der Waals surface area (Å²) in [5, 5.41) is 20.1. The van der Waals surface area contributed by atoms with Gasteiger partial charge in [0.1, 0.15) is 0 Å². The number of ether oxygens (including phenoxy) is 1. The fraction of sp³-hybridized carbons (Fsp3) is 0.667. The first kappa shape index (κ1) is 16.7. The Morgan fingerprint density at radius 3 is 3.08 bits per heavy atom. The molecule has 0 N–H and O–H groups in total. The van der Waals surface area contributed by atoms with Crippen molar-refractivity contribution in [1.82, 2.24) is 35.3 Å². The second-order valence-corrected chi connectivity index (χ2v) is 6.01. The molecule has 0 saturated carbocycles. The van der Waals surface area contributed by atoms with E-state index in [4.69, 9.17) is 4.74 Å². The molecule has 0 aromatic carbocycles. The van der Waals surface area contributed by atoms with E-state index in [1.807, 2.05) is 23.9 Å². The Morgan fingerprint density at radius 1 is 1.38 bits per heavy atom. The van der Waals surface area contributed by atoms with Crippen LogP contribution < -0.4 is 4.90 Å². The van der Waals surface area contributed by atoms with Gasteiger partial charge < -0.3 is 9.64 Å². The Balaban J connectivity index is 1.55. The maximum Gasteiger partial charge on any atom is 0.165 e. The van der Waals surface area contributed by atoms with Crippen molar-refractivity contribution in [2.24, 2.45) is 0 Å². The van der Waals surface area contributed by atoms with Crippen LogP contribution in [0, 0.1) is 0 Å². The summed E-state index contributed by atoms with van der Waals surface area (Å²) >= 11 is 0. The van der Waals surface area contributed by atoms with E-state index in [1.165, 1.54) is 0 Å². The first-order valence-corrected chi connectivity index (χ1v) is 8.34. The number of tetrazole rings is 1. The van der Waals surface area contributed by atoms with Gasteiger partial charge in [0.2, 0.25) is 0 Å². The monoisotopic (exact) mass is 332 g/mol. The summed E-state index contributed by atoms with van der Waals surface area (Å²) in [5.74, 6) is 1.77. The summed E-state index contributed by atoms with van der Waals surface area (Å²) in [4.78, 5) is 4.42. The number of hydrogen-bond donors (Lipinski definition) is 0. The van der Waals surface area contributed by atoms with Gasteiger partial charge in [-0.2, -0.15) is 5.10 Å². The van der Waals surface area contributed by atoms with E-state index in [2.05, 4.69) is 42.4 Å². The van der Waals surface area contributed by atoms with Crippen LogP contribution >= 0.6 is 0 Å². The molecule has 2 aromatic rings. The molecule has 9 nitrogen and oxygen atoms in total. The molecular weight excluding hydrogens is 308 g/mol. The van der Waals surface area contributed by atoms with E-state index in [1.54, 1.807) is 6.20 Å². The van der Waals surface area contributed by atoms with Crippen LogP contribution in [0.5, 0.6) is 0 Å². The molecule has 1 fully saturated rings. The molecule has 3 rings (SSSR count). The zero-order valence-electron chi connectivity index (χ0n) is 14.2. The molecule has 1 aliphatic rings. The fourth-order valence-corrected chi connectivity index (χ4v) is 2.85. The summed E-state index contributed by atoms with van der Waals surface area (Å²) in [6.45, 7) is 6.96. The Kier molecular flexibility index (Phi) is 5.65. The Bertz CT molecular complexity index is 619. The van der Waals surface area contributed by atoms with Crippen molar-refractivity contribution in [2.45, 2.75) is 32.5 Å². The van der Waals surface area contributed by atoms with Crippen molar-refractivity contribution in [3.63, 3.8) is 0 Å². The highest BCUT2D eigenvalue weighted by Gasteiger charge is 2.23. The first-order chi connectivity index (χ1) is 11.8. The van der Waals surface area contributed by atoms with E-state index in [-0.39, 0.29) is 6.10 Å². The molecule has 130 valence electrons. The number of nitrogens with zero attached hydrogens (tertiary/aromatic N) is 8. The van der Waals surface area contributed by atoms with Gasteiger partial charge in [0.25, 0.3) is 0 Å². The first-order valence-electron chi connectivity index (χ1n) is 8.34. The van der Waals surface area contributed by atoms with Gasteiger partial charge in [-0.1, -0.05) is 6.92 Å². The summed E-state index contributed by atoms with van der Waals surface area (Å²) in [6, 6.07) is 3.84. The van der Waals surface area contributed by atoms with Crippen molar-refractivity contribution < 1.29 is 4.74 Å². The molecule has 0 unspecified atom stereocenters. The zero-order valence-corrected chi connectivity index (χ0v) is 14.2. The van der Waals surface area contributed by atoms with Crippen molar-refractivity contribution >= 4 is 5.82 Å². The maximum absolute atomic E-state index is 5.91. The van der Waals surface area contributed by atoms with Crippen molar-refractivity contribution in [3.05, 3.63) is 24.2 Å². The molecule has 2 aromatic heterocycles. The number of anilines is 1. The van der Waals surface area contributed by atoms with Crippen LogP contribution in [0.3, 0.4) is 0 Å². The van der Waals surface area contributed by atoms with E-state index >= 15 is 0 Å². The predicted octanol–water partition coefficient (Wildman–Crippen LogP) is 0.210. The quantitative estimate of drug-likeness (QED) is 0.711. The van der Waals surface area contributed by atoms with Crippen molar-refractivity contribution in [2.75, 3.05) is 38.2 Å². The molecule has 0 spiro atoms. The van der Waals surface area contributed by atoms with Crippen LogP contribution in [0.1, 0.15) is 19.2 Å². The molecular formula is C15H24N8O. The van der Waals surface area contributed by atoms with Crippen LogP contribution in [0.4, 0.5) is 5.82 Å². The predicted molar refractivity (Wildman–Crippen MR) is 88.4 cm³/mol. The van der Waals surface area contributed by atoms with Gasteiger partial charge in [-0.25, -0.2) is 4.68 Å². The lowest BCUT2D eigenvalue weighted by atomic mass is 10.2. The third-order valence-electron chi connectivity index (χ3n) is 4.06. The SMILES string of the molecule is CCCn1nnnc1CN1CCO[C@H](CN(C)c2cccnn2)C1. The molecule has 0 radical (unpaired) electrons. The zero-order chi connectivity index (χ0) is 16.8. The Hall–Kier alpha value is -2.13. The third kappa shape index (κ3) is 4.24. The molecule has 1 saturated heterocycles. The van der Waals surface area contributed by atoms with E-state index in [0.717, 1.165) is 50.8 Å². The van der Waals surface area contributed by atoms with Crippen LogP contribution in [0.25, 0.3) is 0 Å². The van der Waals surface area contributed by atoms with Gasteiger partial charge in [-0.3, -0.25) is 4.90 Å². The lowest BCUT2D eigenvalue weighted by Gasteiger charge is -2.34. The lowest BCUT2D eigenvalue weighted by Crippen LogP contribution is -2.47. The lowest BCUT2D eigenvalue weighted by molar-refractivity contribution is -0.0276. The van der Waals surface area contributed by atoms with Gasteiger partial charge >= 0.3 is 0 Å². The molecule has 24 heavy (non-hydrogen) atoms. The molecule has 0 amide bonds. The van der Waals surface area contributed by atoms with Gasteiger partial charge in [-0.05, 0) is 29.0 Å². The molecule has 3 heterocycles.